The van der Waals surface area contributed by atoms with Crippen molar-refractivity contribution in [3.05, 3.63) is 39.9 Å². The van der Waals surface area contributed by atoms with Gasteiger partial charge in [-0.1, -0.05) is 28.1 Å². The van der Waals surface area contributed by atoms with Gasteiger partial charge in [-0.2, -0.15) is 0 Å². The minimum Gasteiger partial charge on any atom is -0.476 e. The minimum absolute atomic E-state index is 0.118. The van der Waals surface area contributed by atoms with Crippen molar-refractivity contribution in [1.82, 2.24) is 4.98 Å². The Labute approximate surface area is 98.5 Å². The number of carbonyl (C=O) groups is 1. The van der Waals surface area contributed by atoms with E-state index in [0.717, 1.165) is 14.9 Å². The zero-order chi connectivity index (χ0) is 10.8. The normalized spacial score (nSPS) is 10.2. The van der Waals surface area contributed by atoms with Gasteiger partial charge in [-0.25, -0.2) is 9.78 Å². The smallest absolute Gasteiger partial charge is 0.365 e. The number of rotatable bonds is 2. The molecule has 1 aromatic carbocycles. The van der Waals surface area contributed by atoms with E-state index in [0.29, 0.717) is 0 Å². The van der Waals surface area contributed by atoms with E-state index in [-0.39, 0.29) is 5.01 Å². The molecule has 0 unspecified atom stereocenters. The summed E-state index contributed by atoms with van der Waals surface area (Å²) in [6, 6.07) is 7.66. The minimum atomic E-state index is -0.983. The molecule has 0 fully saturated rings. The molecule has 1 N–H and O–H groups in total. The summed E-state index contributed by atoms with van der Waals surface area (Å²) in [5, 5.41) is 8.85. The van der Waals surface area contributed by atoms with Crippen molar-refractivity contribution in [2.45, 2.75) is 0 Å². The van der Waals surface area contributed by atoms with Gasteiger partial charge in [0.25, 0.3) is 0 Å². The molecule has 1 aromatic heterocycles. The van der Waals surface area contributed by atoms with Crippen molar-refractivity contribution in [3.8, 4) is 10.4 Å². The SMILES string of the molecule is O=C(O)c1ncc(-c2ccc(Br)cc2)s1. The maximum atomic E-state index is 10.6. The zero-order valence-corrected chi connectivity index (χ0v) is 9.88. The first-order valence-electron chi connectivity index (χ1n) is 4.12. The van der Waals surface area contributed by atoms with Crippen molar-refractivity contribution in [2.75, 3.05) is 0 Å². The van der Waals surface area contributed by atoms with E-state index in [1.807, 2.05) is 24.3 Å². The van der Waals surface area contributed by atoms with Crippen LogP contribution in [0.3, 0.4) is 0 Å². The molecule has 0 atom stereocenters. The van der Waals surface area contributed by atoms with Crippen LogP contribution >= 0.6 is 27.3 Å². The van der Waals surface area contributed by atoms with Crippen molar-refractivity contribution in [2.24, 2.45) is 0 Å². The first-order chi connectivity index (χ1) is 7.16. The lowest BCUT2D eigenvalue weighted by atomic mass is 10.2. The van der Waals surface area contributed by atoms with Gasteiger partial charge in [-0.05, 0) is 17.7 Å². The molecule has 76 valence electrons. The van der Waals surface area contributed by atoms with E-state index in [1.165, 1.54) is 11.3 Å². The highest BCUT2D eigenvalue weighted by Crippen LogP contribution is 2.27. The second-order valence-corrected chi connectivity index (χ2v) is 4.79. The summed E-state index contributed by atoms with van der Waals surface area (Å²) >= 11 is 4.51. The molecule has 2 aromatic rings. The molecule has 5 heteroatoms. The molecule has 0 aliphatic carbocycles. The molecule has 2 rings (SSSR count). The summed E-state index contributed by atoms with van der Waals surface area (Å²) in [5.74, 6) is -0.983. The van der Waals surface area contributed by atoms with Gasteiger partial charge < -0.3 is 5.11 Å². The third-order valence-electron chi connectivity index (χ3n) is 1.82. The zero-order valence-electron chi connectivity index (χ0n) is 7.48. The van der Waals surface area contributed by atoms with Crippen LogP contribution in [0.15, 0.2) is 34.9 Å². The Balaban J connectivity index is 2.37. The monoisotopic (exact) mass is 283 g/mol. The van der Waals surface area contributed by atoms with Crippen LogP contribution in [-0.4, -0.2) is 16.1 Å². The number of thiazole rings is 1. The van der Waals surface area contributed by atoms with E-state index < -0.39 is 5.97 Å². The molecule has 15 heavy (non-hydrogen) atoms. The summed E-state index contributed by atoms with van der Waals surface area (Å²) in [6.07, 6.45) is 1.58. The molecule has 0 aliphatic rings. The molecule has 0 spiro atoms. The van der Waals surface area contributed by atoms with Gasteiger partial charge in [-0.15, -0.1) is 11.3 Å². The van der Waals surface area contributed by atoms with Crippen LogP contribution in [0, 0.1) is 0 Å². The molecule has 0 bridgehead atoms. The van der Waals surface area contributed by atoms with Crippen LogP contribution < -0.4 is 0 Å². The van der Waals surface area contributed by atoms with Crippen LogP contribution in [0.2, 0.25) is 0 Å². The lowest BCUT2D eigenvalue weighted by molar-refractivity contribution is 0.0696. The number of nitrogens with zero attached hydrogens (tertiary/aromatic N) is 1. The summed E-state index contributed by atoms with van der Waals surface area (Å²) in [6.45, 7) is 0. The van der Waals surface area contributed by atoms with E-state index >= 15 is 0 Å². The molecule has 0 saturated carbocycles. The Kier molecular flexibility index (Phi) is 2.83. The number of aromatic nitrogens is 1. The highest BCUT2D eigenvalue weighted by molar-refractivity contribution is 9.10. The number of hydrogen-bond acceptors (Lipinski definition) is 3. The van der Waals surface area contributed by atoms with Gasteiger partial charge in [0.2, 0.25) is 5.01 Å². The van der Waals surface area contributed by atoms with E-state index in [2.05, 4.69) is 20.9 Å². The van der Waals surface area contributed by atoms with Gasteiger partial charge >= 0.3 is 5.97 Å². The second-order valence-electron chi connectivity index (χ2n) is 2.84. The second kappa shape index (κ2) is 4.12. The molecule has 1 heterocycles. The predicted octanol–water partition coefficient (Wildman–Crippen LogP) is 3.27. The summed E-state index contributed by atoms with van der Waals surface area (Å²) in [7, 11) is 0. The standard InChI is InChI=1S/C10H6BrNO2S/c11-7-3-1-6(2-4-7)8-5-12-9(15-8)10(13)14/h1-5H,(H,13,14). The van der Waals surface area contributed by atoms with Crippen molar-refractivity contribution in [3.63, 3.8) is 0 Å². The molecule has 0 amide bonds. The summed E-state index contributed by atoms with van der Waals surface area (Å²) < 4.78 is 0.995. The maximum Gasteiger partial charge on any atom is 0.365 e. The average molecular weight is 284 g/mol. The molecular formula is C10H6BrNO2S. The van der Waals surface area contributed by atoms with Gasteiger partial charge in [-0.3, -0.25) is 0 Å². The maximum absolute atomic E-state index is 10.6. The van der Waals surface area contributed by atoms with Gasteiger partial charge in [0.1, 0.15) is 0 Å². The Morgan fingerprint density at radius 1 is 1.33 bits per heavy atom. The highest BCUT2D eigenvalue weighted by Gasteiger charge is 2.09. The summed E-state index contributed by atoms with van der Waals surface area (Å²) in [5.41, 5.74) is 0.975. The van der Waals surface area contributed by atoms with Gasteiger partial charge in [0, 0.05) is 10.7 Å². The lowest BCUT2D eigenvalue weighted by Gasteiger charge is -1.95. The van der Waals surface area contributed by atoms with E-state index in [4.69, 9.17) is 5.11 Å². The molecule has 0 saturated heterocycles. The Bertz CT molecular complexity index is 492. The lowest BCUT2D eigenvalue weighted by Crippen LogP contribution is -1.92. The highest BCUT2D eigenvalue weighted by atomic mass is 79.9. The van der Waals surface area contributed by atoms with Crippen molar-refractivity contribution < 1.29 is 9.90 Å². The fourth-order valence-electron chi connectivity index (χ4n) is 1.12. The Morgan fingerprint density at radius 3 is 2.53 bits per heavy atom. The van der Waals surface area contributed by atoms with E-state index in [9.17, 15) is 4.79 Å². The third-order valence-corrected chi connectivity index (χ3v) is 3.38. The number of hydrogen-bond donors (Lipinski definition) is 1. The Hall–Kier alpha value is -1.20. The predicted molar refractivity (Wildman–Crippen MR) is 62.2 cm³/mol. The fourth-order valence-corrected chi connectivity index (χ4v) is 2.15. The Morgan fingerprint density at radius 2 is 2.00 bits per heavy atom. The number of carboxylic acids is 1. The van der Waals surface area contributed by atoms with Crippen LogP contribution in [0.25, 0.3) is 10.4 Å². The quantitative estimate of drug-likeness (QED) is 0.920. The third kappa shape index (κ3) is 2.24. The number of halogens is 1. The molecule has 0 radical (unpaired) electrons. The first kappa shape index (κ1) is 10.3. The number of aromatic carboxylic acids is 1. The van der Waals surface area contributed by atoms with Crippen LogP contribution in [0.5, 0.6) is 0 Å². The first-order valence-corrected chi connectivity index (χ1v) is 5.73. The number of benzene rings is 1. The van der Waals surface area contributed by atoms with Crippen molar-refractivity contribution in [1.29, 1.82) is 0 Å². The van der Waals surface area contributed by atoms with Gasteiger partial charge in [0.15, 0.2) is 0 Å². The van der Waals surface area contributed by atoms with E-state index in [1.54, 1.807) is 6.20 Å². The molecular weight excluding hydrogens is 278 g/mol. The average Bonchev–Trinajstić information content (AvgIpc) is 2.68. The van der Waals surface area contributed by atoms with Gasteiger partial charge in [0.05, 0.1) is 4.88 Å². The summed E-state index contributed by atoms with van der Waals surface area (Å²) in [4.78, 5) is 15.3. The molecule has 3 nitrogen and oxygen atoms in total. The largest absolute Gasteiger partial charge is 0.476 e. The molecule has 0 aliphatic heterocycles. The number of carboxylic acid groups (broad SMARTS) is 1. The van der Waals surface area contributed by atoms with Crippen molar-refractivity contribution >= 4 is 33.2 Å². The topological polar surface area (TPSA) is 50.2 Å². The van der Waals surface area contributed by atoms with Crippen LogP contribution in [-0.2, 0) is 0 Å². The van der Waals surface area contributed by atoms with Crippen LogP contribution in [0.1, 0.15) is 9.80 Å². The van der Waals surface area contributed by atoms with Crippen LogP contribution in [0.4, 0.5) is 0 Å². The fraction of sp³-hybridized carbons (Fsp3) is 0.